The number of carbonyl (C=O) groups excluding carboxylic acids is 1. The minimum atomic E-state index is -4.53. The van der Waals surface area contributed by atoms with E-state index < -0.39 is 17.6 Å². The van der Waals surface area contributed by atoms with E-state index in [1.807, 2.05) is 4.90 Å². The Hall–Kier alpha value is -2.73. The van der Waals surface area contributed by atoms with Crippen molar-refractivity contribution in [2.45, 2.75) is 6.18 Å². The Morgan fingerprint density at radius 3 is 2.58 bits per heavy atom. The van der Waals surface area contributed by atoms with Crippen LogP contribution in [0.15, 0.2) is 35.2 Å². The van der Waals surface area contributed by atoms with Gasteiger partial charge in [0.05, 0.1) is 23.2 Å². The van der Waals surface area contributed by atoms with Gasteiger partial charge < -0.3 is 10.2 Å². The molecule has 3 heterocycles. The molecule has 1 saturated heterocycles. The minimum Gasteiger partial charge on any atom is -0.353 e. The lowest BCUT2D eigenvalue weighted by Gasteiger charge is -2.35. The molecule has 1 amide bonds. The lowest BCUT2D eigenvalue weighted by molar-refractivity contribution is -0.137. The van der Waals surface area contributed by atoms with E-state index in [4.69, 9.17) is 0 Å². The van der Waals surface area contributed by atoms with Crippen molar-refractivity contribution in [2.24, 2.45) is 7.05 Å². The number of alkyl halides is 3. The fourth-order valence-electron chi connectivity index (χ4n) is 3.62. The first-order valence-corrected chi connectivity index (χ1v) is 10.3. The molecule has 1 aliphatic heterocycles. The van der Waals surface area contributed by atoms with Crippen LogP contribution in [0.3, 0.4) is 0 Å². The van der Waals surface area contributed by atoms with E-state index in [0.29, 0.717) is 36.4 Å². The van der Waals surface area contributed by atoms with E-state index in [1.54, 1.807) is 11.7 Å². The molecule has 0 saturated carbocycles. The van der Waals surface area contributed by atoms with Gasteiger partial charge in [0.1, 0.15) is 16.7 Å². The zero-order chi connectivity index (χ0) is 22.2. The molecule has 31 heavy (non-hydrogen) atoms. The van der Waals surface area contributed by atoms with E-state index >= 15 is 0 Å². The van der Waals surface area contributed by atoms with Gasteiger partial charge in [-0.2, -0.15) is 18.3 Å². The topological polar surface area (TPSA) is 79.2 Å². The van der Waals surface area contributed by atoms with Crippen molar-refractivity contribution >= 4 is 44.4 Å². The van der Waals surface area contributed by atoms with Crippen LogP contribution in [0, 0.1) is 0 Å². The van der Waals surface area contributed by atoms with Gasteiger partial charge in [-0.25, -0.2) is 14.6 Å². The van der Waals surface area contributed by atoms with Crippen LogP contribution in [0.25, 0.3) is 11.0 Å². The fraction of sp³-hybridized carbons (Fsp3) is 0.368. The van der Waals surface area contributed by atoms with E-state index in [1.165, 1.54) is 24.5 Å². The van der Waals surface area contributed by atoms with Crippen LogP contribution in [0.5, 0.6) is 0 Å². The summed E-state index contributed by atoms with van der Waals surface area (Å²) in [7, 11) is 1.80. The molecule has 0 unspecified atom stereocenters. The summed E-state index contributed by atoms with van der Waals surface area (Å²) in [6.45, 7) is 2.37. The number of carbonyl (C=O) groups is 1. The second-order valence-electron chi connectivity index (χ2n) is 7.17. The number of hydrogen-bond acceptors (Lipinski definition) is 6. The van der Waals surface area contributed by atoms with Gasteiger partial charge in [0.15, 0.2) is 5.65 Å². The monoisotopic (exact) mass is 497 g/mol. The Bertz CT molecular complexity index is 1110. The van der Waals surface area contributed by atoms with Crippen LogP contribution in [0.2, 0.25) is 0 Å². The Morgan fingerprint density at radius 2 is 1.87 bits per heavy atom. The summed E-state index contributed by atoms with van der Waals surface area (Å²) < 4.78 is 41.7. The number of fused-ring (bicyclic) bond motifs is 1. The largest absolute Gasteiger partial charge is 0.418 e. The Morgan fingerprint density at radius 1 is 1.16 bits per heavy atom. The average molecular weight is 498 g/mol. The van der Waals surface area contributed by atoms with Crippen molar-refractivity contribution in [3.05, 3.63) is 40.8 Å². The normalized spacial score (nSPS) is 15.5. The maximum atomic E-state index is 13.1. The third-order valence-corrected chi connectivity index (χ3v) is 5.66. The Labute approximate surface area is 184 Å². The SMILES string of the molecule is Cn1nc(Br)c2c(N3CCN(CC(=O)Nc4ccccc4C(F)(F)F)CC3)ncnc21. The zero-order valence-electron chi connectivity index (χ0n) is 16.5. The number of benzene rings is 1. The molecule has 3 aromatic rings. The highest BCUT2D eigenvalue weighted by Crippen LogP contribution is 2.34. The molecule has 0 radical (unpaired) electrons. The number of rotatable bonds is 4. The summed E-state index contributed by atoms with van der Waals surface area (Å²) in [6, 6.07) is 4.96. The lowest BCUT2D eigenvalue weighted by atomic mass is 10.1. The summed E-state index contributed by atoms with van der Waals surface area (Å²) in [5.41, 5.74) is -0.381. The molecule has 1 N–H and O–H groups in total. The molecule has 0 spiro atoms. The molecule has 1 aliphatic rings. The van der Waals surface area contributed by atoms with E-state index in [0.717, 1.165) is 17.3 Å². The van der Waals surface area contributed by atoms with Crippen molar-refractivity contribution in [1.82, 2.24) is 24.6 Å². The van der Waals surface area contributed by atoms with Crippen LogP contribution < -0.4 is 10.2 Å². The van der Waals surface area contributed by atoms with Crippen molar-refractivity contribution < 1.29 is 18.0 Å². The highest BCUT2D eigenvalue weighted by atomic mass is 79.9. The van der Waals surface area contributed by atoms with Crippen molar-refractivity contribution in [3.8, 4) is 0 Å². The van der Waals surface area contributed by atoms with E-state index in [-0.39, 0.29) is 12.2 Å². The summed E-state index contributed by atoms with van der Waals surface area (Å²) in [6.07, 6.45) is -3.04. The summed E-state index contributed by atoms with van der Waals surface area (Å²) in [5.74, 6) is 0.276. The number of nitrogens with zero attached hydrogens (tertiary/aromatic N) is 6. The number of halogens is 4. The van der Waals surface area contributed by atoms with Gasteiger partial charge in [-0.1, -0.05) is 12.1 Å². The summed E-state index contributed by atoms with van der Waals surface area (Å²) in [4.78, 5) is 25.0. The highest BCUT2D eigenvalue weighted by Gasteiger charge is 2.33. The van der Waals surface area contributed by atoms with Crippen LogP contribution in [0.1, 0.15) is 5.56 Å². The second kappa shape index (κ2) is 8.42. The van der Waals surface area contributed by atoms with Crippen LogP contribution in [-0.4, -0.2) is 63.3 Å². The molecule has 2 aromatic heterocycles. The number of piperazine rings is 1. The average Bonchev–Trinajstić information content (AvgIpc) is 3.02. The number of hydrogen-bond donors (Lipinski definition) is 1. The smallest absolute Gasteiger partial charge is 0.353 e. The van der Waals surface area contributed by atoms with E-state index in [9.17, 15) is 18.0 Å². The number of amides is 1. The first-order chi connectivity index (χ1) is 14.7. The third-order valence-electron chi connectivity index (χ3n) is 5.10. The number of aromatic nitrogens is 4. The molecule has 1 aromatic carbocycles. The Kier molecular flexibility index (Phi) is 5.84. The molecule has 8 nitrogen and oxygen atoms in total. The molecule has 0 aliphatic carbocycles. The van der Waals surface area contributed by atoms with Gasteiger partial charge in [-0.3, -0.25) is 9.69 Å². The third kappa shape index (κ3) is 4.49. The number of nitrogens with one attached hydrogen (secondary N) is 1. The summed E-state index contributed by atoms with van der Waals surface area (Å²) in [5, 5.41) is 7.53. The molecular weight excluding hydrogens is 479 g/mol. The first kappa shape index (κ1) is 21.5. The number of aryl methyl sites for hydroxylation is 1. The quantitative estimate of drug-likeness (QED) is 0.596. The van der Waals surface area contributed by atoms with Crippen LogP contribution >= 0.6 is 15.9 Å². The zero-order valence-corrected chi connectivity index (χ0v) is 18.1. The van der Waals surface area contributed by atoms with Gasteiger partial charge in [0.2, 0.25) is 5.91 Å². The van der Waals surface area contributed by atoms with Gasteiger partial charge in [-0.05, 0) is 28.1 Å². The summed E-state index contributed by atoms with van der Waals surface area (Å²) >= 11 is 3.45. The Balaban J connectivity index is 1.39. The molecule has 4 rings (SSSR count). The van der Waals surface area contributed by atoms with Crippen LogP contribution in [-0.2, 0) is 18.0 Å². The maximum absolute atomic E-state index is 13.1. The van der Waals surface area contributed by atoms with Gasteiger partial charge in [0, 0.05) is 33.2 Å². The lowest BCUT2D eigenvalue weighted by Crippen LogP contribution is -2.49. The standard InChI is InChI=1S/C19H19BrF3N7O/c1-28-17-15(16(20)27-28)18(25-11-24-17)30-8-6-29(7-9-30)10-14(31)26-13-5-3-2-4-12(13)19(21,22)23/h2-5,11H,6-10H2,1H3,(H,26,31). The van der Waals surface area contributed by atoms with Crippen LogP contribution in [0.4, 0.5) is 24.7 Å². The van der Waals surface area contributed by atoms with Crippen molar-refractivity contribution in [1.29, 1.82) is 0 Å². The fourth-order valence-corrected chi connectivity index (χ4v) is 4.21. The number of anilines is 2. The molecule has 0 bridgehead atoms. The molecule has 164 valence electrons. The second-order valence-corrected chi connectivity index (χ2v) is 7.92. The van der Waals surface area contributed by atoms with Gasteiger partial charge >= 0.3 is 6.18 Å². The minimum absolute atomic E-state index is 0.00973. The first-order valence-electron chi connectivity index (χ1n) is 9.50. The molecular formula is C19H19BrF3N7O. The maximum Gasteiger partial charge on any atom is 0.418 e. The molecule has 0 atom stereocenters. The predicted octanol–water partition coefficient (Wildman–Crippen LogP) is 2.91. The number of para-hydroxylation sites is 1. The van der Waals surface area contributed by atoms with E-state index in [2.05, 4.69) is 41.2 Å². The van der Waals surface area contributed by atoms with Crippen molar-refractivity contribution in [3.63, 3.8) is 0 Å². The van der Waals surface area contributed by atoms with Gasteiger partial charge in [0.25, 0.3) is 0 Å². The highest BCUT2D eigenvalue weighted by molar-refractivity contribution is 9.10. The molecule has 1 fully saturated rings. The van der Waals surface area contributed by atoms with Gasteiger partial charge in [-0.15, -0.1) is 0 Å². The molecule has 12 heteroatoms. The predicted molar refractivity (Wildman–Crippen MR) is 113 cm³/mol. The van der Waals surface area contributed by atoms with Crippen molar-refractivity contribution in [2.75, 3.05) is 42.9 Å².